The van der Waals surface area contributed by atoms with E-state index in [1.54, 1.807) is 0 Å². The Morgan fingerprint density at radius 2 is 1.91 bits per heavy atom. The number of ether oxygens (including phenoxy) is 1. The first-order valence-corrected chi connectivity index (χ1v) is 9.49. The molecule has 0 aliphatic heterocycles. The number of benzene rings is 2. The minimum absolute atomic E-state index is 0.0400. The van der Waals surface area contributed by atoms with Crippen molar-refractivity contribution >= 4 is 40.8 Å². The Morgan fingerprint density at radius 3 is 2.56 bits per heavy atom. The average Bonchev–Trinajstić information content (AvgIpc) is 3.08. The summed E-state index contributed by atoms with van der Waals surface area (Å²) >= 11 is 11.6. The topological polar surface area (TPSA) is 81.4 Å². The largest absolute Gasteiger partial charge is 0.452 e. The summed E-state index contributed by atoms with van der Waals surface area (Å²) in [5, 5.41) is 5.42. The van der Waals surface area contributed by atoms with Crippen molar-refractivity contribution in [2.75, 3.05) is 11.9 Å². The lowest BCUT2D eigenvalue weighted by Crippen LogP contribution is -2.23. The molecule has 168 valence electrons. The number of carbonyl (C=O) groups excluding carboxylic acids is 2. The second-order valence-electron chi connectivity index (χ2n) is 6.37. The van der Waals surface area contributed by atoms with Gasteiger partial charge in [0, 0.05) is 5.02 Å². The quantitative estimate of drug-likeness (QED) is 0.355. The van der Waals surface area contributed by atoms with E-state index in [0.717, 1.165) is 18.2 Å². The molecule has 1 N–H and O–H groups in total. The van der Waals surface area contributed by atoms with Crippen LogP contribution in [0.5, 0.6) is 0 Å². The minimum atomic E-state index is -4.78. The van der Waals surface area contributed by atoms with Gasteiger partial charge in [0.25, 0.3) is 5.91 Å². The Hall–Kier alpha value is -3.11. The summed E-state index contributed by atoms with van der Waals surface area (Å²) in [4.78, 5) is 24.6. The first-order chi connectivity index (χ1) is 15.0. The van der Waals surface area contributed by atoms with E-state index in [1.807, 2.05) is 5.32 Å². The van der Waals surface area contributed by atoms with Crippen LogP contribution in [-0.2, 0) is 15.7 Å². The van der Waals surface area contributed by atoms with E-state index in [2.05, 4.69) is 5.16 Å². The molecule has 6 nitrogen and oxygen atoms in total. The number of aromatic nitrogens is 1. The first-order valence-electron chi connectivity index (χ1n) is 8.73. The third-order valence-corrected chi connectivity index (χ3v) is 4.71. The molecule has 0 fully saturated rings. The maximum Gasteiger partial charge on any atom is 0.418 e. The second-order valence-corrected chi connectivity index (χ2v) is 7.21. The third-order valence-electron chi connectivity index (χ3n) is 4.16. The van der Waals surface area contributed by atoms with Gasteiger partial charge in [-0.25, -0.2) is 9.18 Å². The maximum atomic E-state index is 14.2. The monoisotopic (exact) mass is 490 g/mol. The van der Waals surface area contributed by atoms with Crippen molar-refractivity contribution in [3.05, 3.63) is 69.1 Å². The number of amides is 1. The van der Waals surface area contributed by atoms with Crippen LogP contribution in [0, 0.1) is 12.7 Å². The SMILES string of the molecule is Cc1onc(-c2c(F)cccc2Cl)c1C(=O)OCC(=O)Nc1ccc(Cl)cc1C(F)(F)F. The van der Waals surface area contributed by atoms with Crippen LogP contribution in [0.25, 0.3) is 11.3 Å². The van der Waals surface area contributed by atoms with Gasteiger partial charge in [-0.15, -0.1) is 0 Å². The Labute approximate surface area is 188 Å². The zero-order valence-corrected chi connectivity index (χ0v) is 17.5. The van der Waals surface area contributed by atoms with Gasteiger partial charge in [0.2, 0.25) is 0 Å². The summed E-state index contributed by atoms with van der Waals surface area (Å²) < 4.78 is 63.4. The number of hydrogen-bond acceptors (Lipinski definition) is 5. The van der Waals surface area contributed by atoms with Crippen molar-refractivity contribution in [2.24, 2.45) is 0 Å². The summed E-state index contributed by atoms with van der Waals surface area (Å²) in [5.41, 5.74) is -2.47. The van der Waals surface area contributed by atoms with Crippen LogP contribution in [0.3, 0.4) is 0 Å². The fourth-order valence-electron chi connectivity index (χ4n) is 2.76. The molecule has 0 spiro atoms. The lowest BCUT2D eigenvalue weighted by molar-refractivity contribution is -0.137. The van der Waals surface area contributed by atoms with Gasteiger partial charge in [0.15, 0.2) is 6.61 Å². The molecule has 3 aromatic rings. The van der Waals surface area contributed by atoms with Gasteiger partial charge in [0.05, 0.1) is 21.8 Å². The van der Waals surface area contributed by atoms with E-state index < -0.39 is 41.7 Å². The van der Waals surface area contributed by atoms with Crippen molar-refractivity contribution < 1.29 is 36.4 Å². The van der Waals surface area contributed by atoms with Gasteiger partial charge in [0.1, 0.15) is 22.8 Å². The molecule has 12 heteroatoms. The normalized spacial score (nSPS) is 11.3. The van der Waals surface area contributed by atoms with Crippen LogP contribution in [0.2, 0.25) is 10.0 Å². The Balaban J connectivity index is 1.77. The molecule has 1 aromatic heterocycles. The van der Waals surface area contributed by atoms with E-state index in [9.17, 15) is 27.2 Å². The minimum Gasteiger partial charge on any atom is -0.452 e. The third kappa shape index (κ3) is 5.03. The number of nitrogens with one attached hydrogen (secondary N) is 1. The van der Waals surface area contributed by atoms with Crippen LogP contribution >= 0.6 is 23.2 Å². The predicted octanol–water partition coefficient (Wildman–Crippen LogP) is 5.91. The van der Waals surface area contributed by atoms with Crippen LogP contribution in [0.15, 0.2) is 40.9 Å². The van der Waals surface area contributed by atoms with Crippen LogP contribution in [0.4, 0.5) is 23.2 Å². The van der Waals surface area contributed by atoms with E-state index in [0.29, 0.717) is 6.07 Å². The summed E-state index contributed by atoms with van der Waals surface area (Å²) in [6, 6.07) is 6.59. The van der Waals surface area contributed by atoms with Gasteiger partial charge < -0.3 is 14.6 Å². The molecule has 1 amide bonds. The zero-order valence-electron chi connectivity index (χ0n) is 16.0. The fraction of sp³-hybridized carbons (Fsp3) is 0.150. The molecule has 0 unspecified atom stereocenters. The smallest absolute Gasteiger partial charge is 0.418 e. The molecule has 3 rings (SSSR count). The highest BCUT2D eigenvalue weighted by atomic mass is 35.5. The number of halogens is 6. The van der Waals surface area contributed by atoms with Crippen LogP contribution in [0.1, 0.15) is 21.7 Å². The number of rotatable bonds is 5. The number of carbonyl (C=O) groups is 2. The molecule has 0 radical (unpaired) electrons. The molecular weight excluding hydrogens is 479 g/mol. The Kier molecular flexibility index (Phi) is 6.75. The van der Waals surface area contributed by atoms with Crippen molar-refractivity contribution in [3.63, 3.8) is 0 Å². The highest BCUT2D eigenvalue weighted by Gasteiger charge is 2.34. The molecule has 0 aliphatic rings. The van der Waals surface area contributed by atoms with E-state index in [-0.39, 0.29) is 32.6 Å². The summed E-state index contributed by atoms with van der Waals surface area (Å²) in [5.74, 6) is -2.98. The molecule has 1 heterocycles. The standard InChI is InChI=1S/C20H12Cl2F4N2O4/c1-9-16(18(28-32-9)17-12(22)3-2-4-13(17)23)19(30)31-8-15(29)27-14-6-5-10(21)7-11(14)20(24,25)26/h2-7H,8H2,1H3,(H,27,29). The molecule has 0 bridgehead atoms. The van der Waals surface area contributed by atoms with Gasteiger partial charge in [-0.2, -0.15) is 13.2 Å². The van der Waals surface area contributed by atoms with Crippen molar-refractivity contribution in [1.82, 2.24) is 5.16 Å². The number of hydrogen-bond donors (Lipinski definition) is 1. The Bertz CT molecular complexity index is 1170. The van der Waals surface area contributed by atoms with Crippen LogP contribution < -0.4 is 5.32 Å². The molecule has 0 aliphatic carbocycles. The van der Waals surface area contributed by atoms with Gasteiger partial charge >= 0.3 is 12.1 Å². The molecule has 0 saturated carbocycles. The summed E-state index contributed by atoms with van der Waals surface area (Å²) in [6.07, 6.45) is -4.78. The Morgan fingerprint density at radius 1 is 1.19 bits per heavy atom. The number of anilines is 1. The zero-order chi connectivity index (χ0) is 23.6. The fourth-order valence-corrected chi connectivity index (χ4v) is 3.18. The second kappa shape index (κ2) is 9.17. The molecule has 32 heavy (non-hydrogen) atoms. The highest BCUT2D eigenvalue weighted by molar-refractivity contribution is 6.33. The summed E-state index contributed by atoms with van der Waals surface area (Å²) in [6.45, 7) is 0.416. The van der Waals surface area contributed by atoms with E-state index in [4.69, 9.17) is 32.5 Å². The highest BCUT2D eigenvalue weighted by Crippen LogP contribution is 2.37. The number of esters is 1. The van der Waals surface area contributed by atoms with Gasteiger partial charge in [-0.3, -0.25) is 4.79 Å². The molecule has 2 aromatic carbocycles. The van der Waals surface area contributed by atoms with Gasteiger partial charge in [-0.05, 0) is 37.3 Å². The lowest BCUT2D eigenvalue weighted by Gasteiger charge is -2.14. The lowest BCUT2D eigenvalue weighted by atomic mass is 10.1. The summed E-state index contributed by atoms with van der Waals surface area (Å²) in [7, 11) is 0. The first kappa shape index (κ1) is 23.6. The molecule has 0 atom stereocenters. The van der Waals surface area contributed by atoms with Crippen molar-refractivity contribution in [1.29, 1.82) is 0 Å². The van der Waals surface area contributed by atoms with Crippen molar-refractivity contribution in [2.45, 2.75) is 13.1 Å². The van der Waals surface area contributed by atoms with E-state index in [1.165, 1.54) is 19.1 Å². The van der Waals surface area contributed by atoms with E-state index >= 15 is 0 Å². The molecular formula is C20H12Cl2F4N2O4. The molecule has 0 saturated heterocycles. The number of nitrogens with zero attached hydrogens (tertiary/aromatic N) is 1. The van der Waals surface area contributed by atoms with Gasteiger partial charge in [-0.1, -0.05) is 34.4 Å². The maximum absolute atomic E-state index is 14.2. The number of alkyl halides is 3. The van der Waals surface area contributed by atoms with Crippen LogP contribution in [-0.4, -0.2) is 23.6 Å². The predicted molar refractivity (Wildman–Crippen MR) is 107 cm³/mol. The average molecular weight is 491 g/mol. The number of aryl methyl sites for hydroxylation is 1. The van der Waals surface area contributed by atoms with Crippen molar-refractivity contribution in [3.8, 4) is 11.3 Å².